The van der Waals surface area contributed by atoms with Crippen molar-refractivity contribution in [3.63, 3.8) is 0 Å². The summed E-state index contributed by atoms with van der Waals surface area (Å²) in [7, 11) is 1.27. The number of nitrogens with one attached hydrogen (secondary N) is 1. The monoisotopic (exact) mass is 243 g/mol. The van der Waals surface area contributed by atoms with Crippen LogP contribution >= 0.6 is 0 Å². The molecule has 0 aliphatic carbocycles. The first-order valence-electron chi connectivity index (χ1n) is 5.24. The first kappa shape index (κ1) is 13.3. The number of methoxy groups -OCH3 is 1. The van der Waals surface area contributed by atoms with Crippen molar-refractivity contribution < 1.29 is 23.8 Å². The number of rotatable bonds is 2. The summed E-state index contributed by atoms with van der Waals surface area (Å²) in [6, 6.07) is -0.376. The summed E-state index contributed by atoms with van der Waals surface area (Å²) in [4.78, 5) is 22.5. The van der Waals surface area contributed by atoms with Crippen molar-refractivity contribution in [1.29, 1.82) is 0 Å². The molecule has 0 aromatic carbocycles. The van der Waals surface area contributed by atoms with Gasteiger partial charge in [0.1, 0.15) is 12.2 Å². The van der Waals surface area contributed by atoms with Gasteiger partial charge in [-0.25, -0.2) is 9.59 Å². The minimum Gasteiger partial charge on any atom is -0.484 e. The third-order valence-corrected chi connectivity index (χ3v) is 1.86. The van der Waals surface area contributed by atoms with Gasteiger partial charge in [-0.15, -0.1) is 0 Å². The van der Waals surface area contributed by atoms with E-state index < -0.39 is 17.7 Å². The first-order valence-corrected chi connectivity index (χ1v) is 5.24. The molecule has 0 aromatic heterocycles. The molecule has 6 heteroatoms. The summed E-state index contributed by atoms with van der Waals surface area (Å²) in [6.07, 6.45) is 0.948. The van der Waals surface area contributed by atoms with Crippen molar-refractivity contribution >= 4 is 12.1 Å². The van der Waals surface area contributed by atoms with Crippen LogP contribution in [0, 0.1) is 0 Å². The number of carbonyl (C=O) groups excluding carboxylic acids is 2. The molecule has 1 unspecified atom stereocenters. The van der Waals surface area contributed by atoms with Crippen LogP contribution in [0.25, 0.3) is 0 Å². The summed E-state index contributed by atoms with van der Waals surface area (Å²) < 4.78 is 14.6. The molecule has 0 saturated heterocycles. The van der Waals surface area contributed by atoms with Crippen LogP contribution in [-0.2, 0) is 19.0 Å². The van der Waals surface area contributed by atoms with Gasteiger partial charge < -0.3 is 19.5 Å². The van der Waals surface area contributed by atoms with Crippen LogP contribution in [0.1, 0.15) is 20.8 Å². The molecule has 1 amide bonds. The van der Waals surface area contributed by atoms with Crippen molar-refractivity contribution in [1.82, 2.24) is 5.32 Å². The average Bonchev–Trinajstić information content (AvgIpc) is 2.62. The third kappa shape index (κ3) is 4.34. The van der Waals surface area contributed by atoms with Crippen molar-refractivity contribution in [2.45, 2.75) is 32.4 Å². The van der Waals surface area contributed by atoms with Crippen molar-refractivity contribution in [3.8, 4) is 0 Å². The number of hydrogen-bond acceptors (Lipinski definition) is 5. The van der Waals surface area contributed by atoms with Gasteiger partial charge >= 0.3 is 12.1 Å². The molecule has 1 N–H and O–H groups in total. The van der Waals surface area contributed by atoms with Crippen LogP contribution in [-0.4, -0.2) is 37.4 Å². The van der Waals surface area contributed by atoms with Gasteiger partial charge in [0.15, 0.2) is 0 Å². The lowest BCUT2D eigenvalue weighted by atomic mass is 10.2. The number of esters is 1. The summed E-state index contributed by atoms with van der Waals surface area (Å²) in [5.41, 5.74) is -0.557. The summed E-state index contributed by atoms with van der Waals surface area (Å²) in [5.74, 6) is -0.452. The molecule has 0 spiro atoms. The van der Waals surface area contributed by atoms with E-state index in [-0.39, 0.29) is 18.4 Å². The Morgan fingerprint density at radius 3 is 2.65 bits per heavy atom. The predicted octanol–water partition coefficient (Wildman–Crippen LogP) is 0.967. The Balaban J connectivity index is 2.47. The molecular weight excluding hydrogens is 226 g/mol. The van der Waals surface area contributed by atoms with Crippen LogP contribution in [0.3, 0.4) is 0 Å². The molecule has 1 aliphatic rings. The van der Waals surface area contributed by atoms with Crippen LogP contribution in [0.4, 0.5) is 4.79 Å². The Morgan fingerprint density at radius 1 is 1.47 bits per heavy atom. The summed E-state index contributed by atoms with van der Waals surface area (Å²) in [6.45, 7) is 5.51. The van der Waals surface area contributed by atoms with E-state index in [9.17, 15) is 9.59 Å². The molecule has 1 atom stereocenters. The Bertz CT molecular complexity index is 342. The van der Waals surface area contributed by atoms with Gasteiger partial charge in [-0.3, -0.25) is 0 Å². The third-order valence-electron chi connectivity index (χ3n) is 1.86. The molecule has 17 heavy (non-hydrogen) atoms. The van der Waals surface area contributed by atoms with Crippen LogP contribution < -0.4 is 5.32 Å². The maximum Gasteiger partial charge on any atom is 0.408 e. The molecule has 96 valence electrons. The van der Waals surface area contributed by atoms with Crippen molar-refractivity contribution in [2.75, 3.05) is 13.7 Å². The SMILES string of the molecule is COC(=O)C1=CC(NC(=O)OC(C)(C)C)CO1. The van der Waals surface area contributed by atoms with E-state index in [1.807, 2.05) is 0 Å². The minimum atomic E-state index is -0.557. The van der Waals surface area contributed by atoms with E-state index in [1.54, 1.807) is 20.8 Å². The second-order valence-corrected chi connectivity index (χ2v) is 4.59. The Kier molecular flexibility index (Phi) is 3.98. The zero-order chi connectivity index (χ0) is 13.1. The Hall–Kier alpha value is -1.72. The highest BCUT2D eigenvalue weighted by molar-refractivity contribution is 5.86. The summed E-state index contributed by atoms with van der Waals surface area (Å²) in [5, 5.41) is 2.57. The maximum absolute atomic E-state index is 11.4. The minimum absolute atomic E-state index is 0.105. The van der Waals surface area contributed by atoms with Gasteiger partial charge in [0, 0.05) is 0 Å². The fourth-order valence-corrected chi connectivity index (χ4v) is 1.23. The van der Waals surface area contributed by atoms with E-state index in [1.165, 1.54) is 13.2 Å². The first-order chi connectivity index (χ1) is 7.81. The number of ether oxygens (including phenoxy) is 3. The Labute approximate surface area is 99.9 Å². The van der Waals surface area contributed by atoms with Gasteiger partial charge in [-0.1, -0.05) is 0 Å². The lowest BCUT2D eigenvalue weighted by Gasteiger charge is -2.20. The lowest BCUT2D eigenvalue weighted by Crippen LogP contribution is -2.38. The highest BCUT2D eigenvalue weighted by Gasteiger charge is 2.26. The van der Waals surface area contributed by atoms with Gasteiger partial charge in [0.05, 0.1) is 13.2 Å². The van der Waals surface area contributed by atoms with Crippen molar-refractivity contribution in [3.05, 3.63) is 11.8 Å². The van der Waals surface area contributed by atoms with E-state index in [0.717, 1.165) is 0 Å². The van der Waals surface area contributed by atoms with E-state index in [2.05, 4.69) is 10.1 Å². The van der Waals surface area contributed by atoms with E-state index in [0.29, 0.717) is 0 Å². The second-order valence-electron chi connectivity index (χ2n) is 4.59. The highest BCUT2D eigenvalue weighted by Crippen LogP contribution is 2.12. The van der Waals surface area contributed by atoms with E-state index in [4.69, 9.17) is 9.47 Å². The van der Waals surface area contributed by atoms with Crippen LogP contribution in [0.2, 0.25) is 0 Å². The number of hydrogen-bond donors (Lipinski definition) is 1. The smallest absolute Gasteiger partial charge is 0.408 e. The standard InChI is InChI=1S/C11H17NO5/c1-11(2,3)17-10(14)12-7-5-8(16-6-7)9(13)15-4/h5,7H,6H2,1-4H3,(H,12,14). The zero-order valence-corrected chi connectivity index (χ0v) is 10.4. The molecule has 0 saturated carbocycles. The average molecular weight is 243 g/mol. The van der Waals surface area contributed by atoms with Gasteiger partial charge in [0.25, 0.3) is 0 Å². The molecule has 1 rings (SSSR count). The quantitative estimate of drug-likeness (QED) is 0.731. The lowest BCUT2D eigenvalue weighted by molar-refractivity contribution is -0.139. The topological polar surface area (TPSA) is 73.9 Å². The van der Waals surface area contributed by atoms with Gasteiger partial charge in [-0.2, -0.15) is 0 Å². The summed E-state index contributed by atoms with van der Waals surface area (Å²) >= 11 is 0. The highest BCUT2D eigenvalue weighted by atomic mass is 16.6. The number of carbonyl (C=O) groups is 2. The maximum atomic E-state index is 11.4. The van der Waals surface area contributed by atoms with Crippen LogP contribution in [0.15, 0.2) is 11.8 Å². The zero-order valence-electron chi connectivity index (χ0n) is 10.4. The predicted molar refractivity (Wildman–Crippen MR) is 59.2 cm³/mol. The molecule has 6 nitrogen and oxygen atoms in total. The molecule has 0 radical (unpaired) electrons. The molecule has 1 aliphatic heterocycles. The normalized spacial score (nSPS) is 19.1. The molecular formula is C11H17NO5. The molecule has 0 bridgehead atoms. The van der Waals surface area contributed by atoms with Gasteiger partial charge in [-0.05, 0) is 26.8 Å². The largest absolute Gasteiger partial charge is 0.484 e. The Morgan fingerprint density at radius 2 is 2.12 bits per heavy atom. The van der Waals surface area contributed by atoms with Gasteiger partial charge in [0.2, 0.25) is 5.76 Å². The molecule has 0 aromatic rings. The fourth-order valence-electron chi connectivity index (χ4n) is 1.23. The molecule has 0 fully saturated rings. The van der Waals surface area contributed by atoms with E-state index >= 15 is 0 Å². The number of alkyl carbamates (subject to hydrolysis) is 1. The fraction of sp³-hybridized carbons (Fsp3) is 0.636. The van der Waals surface area contributed by atoms with Crippen molar-refractivity contribution in [2.24, 2.45) is 0 Å². The number of amides is 1. The molecule has 1 heterocycles. The van der Waals surface area contributed by atoms with Crippen LogP contribution in [0.5, 0.6) is 0 Å². The second kappa shape index (κ2) is 5.07.